The van der Waals surface area contributed by atoms with Crippen LogP contribution in [0.15, 0.2) is 47.4 Å². The Bertz CT molecular complexity index is 943. The van der Waals surface area contributed by atoms with Crippen LogP contribution in [0.5, 0.6) is 0 Å². The average Bonchev–Trinajstić information content (AvgIpc) is 2.95. The van der Waals surface area contributed by atoms with Crippen LogP contribution >= 0.6 is 11.6 Å². The molecule has 0 bridgehead atoms. The number of anilines is 2. The zero-order chi connectivity index (χ0) is 20.1. The smallest absolute Gasteiger partial charge is 0.321 e. The molecule has 2 aromatic rings. The Labute approximate surface area is 168 Å². The molecule has 9 heteroatoms. The SMILES string of the molecule is O=C(Nc1ccc(NS(=O)(=O)c2cccc(Cl)c2F)cc1)N1CCCCCC1. The third-order valence-electron chi connectivity index (χ3n) is 4.49. The molecule has 0 atom stereocenters. The summed E-state index contributed by atoms with van der Waals surface area (Å²) in [6, 6.07) is 9.77. The Hall–Kier alpha value is -2.32. The van der Waals surface area contributed by atoms with Gasteiger partial charge in [-0.1, -0.05) is 30.5 Å². The Morgan fingerprint density at radius 1 is 0.964 bits per heavy atom. The Balaban J connectivity index is 1.67. The van der Waals surface area contributed by atoms with Gasteiger partial charge in [0.2, 0.25) is 0 Å². The topological polar surface area (TPSA) is 78.5 Å². The highest BCUT2D eigenvalue weighted by atomic mass is 35.5. The summed E-state index contributed by atoms with van der Waals surface area (Å²) in [5, 5.41) is 2.54. The van der Waals surface area contributed by atoms with E-state index < -0.39 is 20.7 Å². The van der Waals surface area contributed by atoms with Gasteiger partial charge < -0.3 is 10.2 Å². The molecule has 150 valence electrons. The number of amides is 2. The molecule has 0 spiro atoms. The molecule has 6 nitrogen and oxygen atoms in total. The summed E-state index contributed by atoms with van der Waals surface area (Å²) in [6.45, 7) is 1.46. The zero-order valence-electron chi connectivity index (χ0n) is 15.1. The quantitative estimate of drug-likeness (QED) is 0.745. The summed E-state index contributed by atoms with van der Waals surface area (Å²) in [5.41, 5.74) is 0.790. The van der Waals surface area contributed by atoms with Gasteiger partial charge in [-0.3, -0.25) is 4.72 Å². The number of nitrogens with one attached hydrogen (secondary N) is 2. The minimum atomic E-state index is -4.13. The molecule has 0 aromatic heterocycles. The Kier molecular flexibility index (Phi) is 6.41. The zero-order valence-corrected chi connectivity index (χ0v) is 16.7. The fraction of sp³-hybridized carbons (Fsp3) is 0.316. The number of benzene rings is 2. The fourth-order valence-electron chi connectivity index (χ4n) is 3.00. The molecule has 0 radical (unpaired) electrons. The van der Waals surface area contributed by atoms with E-state index in [1.165, 1.54) is 24.3 Å². The van der Waals surface area contributed by atoms with Gasteiger partial charge in [-0.2, -0.15) is 0 Å². The van der Waals surface area contributed by atoms with Crippen molar-refractivity contribution >= 4 is 39.0 Å². The molecule has 0 aliphatic carbocycles. The van der Waals surface area contributed by atoms with E-state index in [1.54, 1.807) is 17.0 Å². The highest BCUT2D eigenvalue weighted by molar-refractivity contribution is 7.92. The molecule has 2 aromatic carbocycles. The first kappa shape index (κ1) is 20.4. The van der Waals surface area contributed by atoms with E-state index >= 15 is 0 Å². The molecule has 2 amide bonds. The third-order valence-corrected chi connectivity index (χ3v) is 6.18. The van der Waals surface area contributed by atoms with Crippen molar-refractivity contribution < 1.29 is 17.6 Å². The number of urea groups is 1. The summed E-state index contributed by atoms with van der Waals surface area (Å²) in [6.07, 6.45) is 4.25. The lowest BCUT2D eigenvalue weighted by Crippen LogP contribution is -2.35. The second-order valence-corrected chi connectivity index (χ2v) is 8.62. The lowest BCUT2D eigenvalue weighted by molar-refractivity contribution is 0.214. The number of halogens is 2. The normalized spacial score (nSPS) is 15.0. The minimum absolute atomic E-state index is 0.170. The van der Waals surface area contributed by atoms with E-state index in [2.05, 4.69) is 10.0 Å². The van der Waals surface area contributed by atoms with Crippen molar-refractivity contribution in [3.05, 3.63) is 53.3 Å². The standard InChI is InChI=1S/C19H21ClFN3O3S/c20-16-6-5-7-17(18(16)21)28(26,27)23-15-10-8-14(9-11-15)22-19(25)24-12-3-1-2-4-13-24/h5-11,23H,1-4,12-13H2,(H,22,25). The van der Waals surface area contributed by atoms with Crippen LogP contribution in [0.1, 0.15) is 25.7 Å². The summed E-state index contributed by atoms with van der Waals surface area (Å²) in [7, 11) is -4.13. The van der Waals surface area contributed by atoms with Crippen molar-refractivity contribution in [1.82, 2.24) is 4.90 Å². The second kappa shape index (κ2) is 8.79. The van der Waals surface area contributed by atoms with E-state index in [9.17, 15) is 17.6 Å². The molecule has 1 saturated heterocycles. The summed E-state index contributed by atoms with van der Waals surface area (Å²) >= 11 is 5.65. The van der Waals surface area contributed by atoms with Crippen molar-refractivity contribution in [3.63, 3.8) is 0 Å². The number of nitrogens with zero attached hydrogens (tertiary/aromatic N) is 1. The van der Waals surface area contributed by atoms with Crippen molar-refractivity contribution in [2.45, 2.75) is 30.6 Å². The van der Waals surface area contributed by atoms with Crippen LogP contribution in [0.4, 0.5) is 20.6 Å². The van der Waals surface area contributed by atoms with E-state index in [4.69, 9.17) is 11.6 Å². The molecule has 0 saturated carbocycles. The van der Waals surface area contributed by atoms with Gasteiger partial charge in [0.1, 0.15) is 4.90 Å². The number of carbonyl (C=O) groups excluding carboxylic acids is 1. The van der Waals surface area contributed by atoms with Crippen molar-refractivity contribution in [2.75, 3.05) is 23.1 Å². The predicted octanol–water partition coefficient (Wildman–Crippen LogP) is 4.69. The van der Waals surface area contributed by atoms with Crippen LogP contribution in [-0.2, 0) is 10.0 Å². The molecular weight excluding hydrogens is 405 g/mol. The largest absolute Gasteiger partial charge is 0.325 e. The maximum atomic E-state index is 14.0. The molecule has 28 heavy (non-hydrogen) atoms. The van der Waals surface area contributed by atoms with Crippen LogP contribution in [0.3, 0.4) is 0 Å². The summed E-state index contributed by atoms with van der Waals surface area (Å²) < 4.78 is 41.1. The maximum Gasteiger partial charge on any atom is 0.321 e. The Morgan fingerprint density at radius 3 is 2.21 bits per heavy atom. The number of rotatable bonds is 4. The number of hydrogen-bond donors (Lipinski definition) is 2. The first-order valence-corrected chi connectivity index (χ1v) is 10.9. The molecule has 1 fully saturated rings. The van der Waals surface area contributed by atoms with Gasteiger partial charge in [0, 0.05) is 24.5 Å². The predicted molar refractivity (Wildman–Crippen MR) is 108 cm³/mol. The van der Waals surface area contributed by atoms with Crippen LogP contribution in [0.25, 0.3) is 0 Å². The highest BCUT2D eigenvalue weighted by Gasteiger charge is 2.21. The molecule has 1 heterocycles. The van der Waals surface area contributed by atoms with Crippen LogP contribution in [0.2, 0.25) is 5.02 Å². The molecule has 0 unspecified atom stereocenters. The summed E-state index contributed by atoms with van der Waals surface area (Å²) in [4.78, 5) is 13.6. The van der Waals surface area contributed by atoms with E-state index in [0.29, 0.717) is 5.69 Å². The van der Waals surface area contributed by atoms with Gasteiger partial charge in [0.25, 0.3) is 10.0 Å². The van der Waals surface area contributed by atoms with Crippen LogP contribution in [-0.4, -0.2) is 32.4 Å². The minimum Gasteiger partial charge on any atom is -0.325 e. The number of likely N-dealkylation sites (tertiary alicyclic amines) is 1. The Morgan fingerprint density at radius 2 is 1.57 bits per heavy atom. The van der Waals surface area contributed by atoms with Gasteiger partial charge in [0.15, 0.2) is 5.82 Å². The van der Waals surface area contributed by atoms with Crippen molar-refractivity contribution in [3.8, 4) is 0 Å². The average molecular weight is 426 g/mol. The fourth-order valence-corrected chi connectivity index (χ4v) is 4.39. The monoisotopic (exact) mass is 425 g/mol. The van der Waals surface area contributed by atoms with Gasteiger partial charge in [-0.15, -0.1) is 0 Å². The first-order valence-electron chi connectivity index (χ1n) is 9.00. The van der Waals surface area contributed by atoms with Crippen LogP contribution < -0.4 is 10.0 Å². The first-order chi connectivity index (χ1) is 13.4. The van der Waals surface area contributed by atoms with E-state index in [1.807, 2.05) is 0 Å². The molecule has 1 aliphatic rings. The van der Waals surface area contributed by atoms with Crippen LogP contribution in [0, 0.1) is 5.82 Å². The van der Waals surface area contributed by atoms with Gasteiger partial charge in [-0.05, 0) is 49.2 Å². The lowest BCUT2D eigenvalue weighted by Gasteiger charge is -2.20. The molecule has 1 aliphatic heterocycles. The maximum absolute atomic E-state index is 14.0. The molecule has 3 rings (SSSR count). The lowest BCUT2D eigenvalue weighted by atomic mass is 10.2. The van der Waals surface area contributed by atoms with Gasteiger partial charge in [-0.25, -0.2) is 17.6 Å². The third kappa shape index (κ3) is 4.94. The number of carbonyl (C=O) groups is 1. The van der Waals surface area contributed by atoms with Crippen molar-refractivity contribution in [2.24, 2.45) is 0 Å². The molecular formula is C19H21ClFN3O3S. The second-order valence-electron chi connectivity index (χ2n) is 6.57. The van der Waals surface area contributed by atoms with Gasteiger partial charge >= 0.3 is 6.03 Å². The van der Waals surface area contributed by atoms with E-state index in [-0.39, 0.29) is 16.7 Å². The molecule has 2 N–H and O–H groups in total. The van der Waals surface area contributed by atoms with E-state index in [0.717, 1.165) is 44.8 Å². The number of hydrogen-bond acceptors (Lipinski definition) is 3. The summed E-state index contributed by atoms with van der Waals surface area (Å²) in [5.74, 6) is -1.00. The van der Waals surface area contributed by atoms with Gasteiger partial charge in [0.05, 0.1) is 5.02 Å². The van der Waals surface area contributed by atoms with Crippen molar-refractivity contribution in [1.29, 1.82) is 0 Å². The number of sulfonamides is 1. The highest BCUT2D eigenvalue weighted by Crippen LogP contribution is 2.24.